The topological polar surface area (TPSA) is 228 Å². The Bertz CT molecular complexity index is 3180. The number of amides is 4. The Labute approximate surface area is 483 Å². The number of carbonyl (C=O) groups excluding carboxylic acids is 4. The third-order valence-electron chi connectivity index (χ3n) is 15.1. The Kier molecular flexibility index (Phi) is 20.2. The van der Waals surface area contributed by atoms with Crippen LogP contribution < -0.4 is 20.1 Å². The lowest BCUT2D eigenvalue weighted by molar-refractivity contribution is -0.134. The number of nitrogens with zero attached hydrogens (tertiary/aromatic N) is 8. The van der Waals surface area contributed by atoms with Crippen LogP contribution in [-0.2, 0) is 35.9 Å². The molecule has 1 unspecified atom stereocenters. The molecule has 0 spiro atoms. The maximum absolute atomic E-state index is 13.9. The molecule has 6 aromatic rings. The lowest BCUT2D eigenvalue weighted by atomic mass is 9.86. The Hall–Kier alpha value is -7.52. The molecule has 19 nitrogen and oxygen atoms in total. The van der Waals surface area contributed by atoms with Crippen LogP contribution in [0.15, 0.2) is 107 Å². The van der Waals surface area contributed by atoms with Crippen molar-refractivity contribution in [2.45, 2.75) is 110 Å². The van der Waals surface area contributed by atoms with Crippen LogP contribution in [-0.4, -0.2) is 143 Å². The van der Waals surface area contributed by atoms with Gasteiger partial charge in [0.2, 0.25) is 5.91 Å². The number of ether oxygens (including phenoxy) is 4. The van der Waals surface area contributed by atoms with E-state index in [0.29, 0.717) is 83.2 Å². The molecule has 4 amide bonds. The summed E-state index contributed by atoms with van der Waals surface area (Å²) in [5.74, 6) is 1.29. The molecule has 2 atom stereocenters. The lowest BCUT2D eigenvalue weighted by Gasteiger charge is -2.40. The van der Waals surface area contributed by atoms with Crippen molar-refractivity contribution in [3.05, 3.63) is 125 Å². The maximum atomic E-state index is 13.9. The van der Waals surface area contributed by atoms with E-state index in [2.05, 4.69) is 57.7 Å². The predicted molar refractivity (Wildman–Crippen MR) is 317 cm³/mol. The zero-order valence-corrected chi connectivity index (χ0v) is 48.5. The van der Waals surface area contributed by atoms with Crippen LogP contribution >= 0.6 is 11.3 Å². The number of pyridine rings is 1. The standard InChI is InChI=1S/C62H75N11O8S/c1-42-54(82-41-66-42)44-17-15-43(16-18-44)38-64-58(76)51-14-10-28-73(51)59(77)55(61(2,3)4)67-53(74)40-79-33-11-32-78-31-7-6-8-34-80-49-19-20-52-50(37-49)47(23-35-81-52)39-65-57(75)46-12-9-13-48(36-46)69-62(24-29-72(5)30-25-62)60-68-56(70-71-60)45-21-26-63-27-22-45/h9,12-13,15-22,26-27,36-37,39,41,47,51,69H,6-8,10-11,14,23-25,28-35,38,40H2,1-5H3,(H,64,76)(H,68,70,71)/b65-39+,67-55-/t47?,51-/m0/s1. The quantitative estimate of drug-likeness (QED) is 0.0379. The van der Waals surface area contributed by atoms with Crippen molar-refractivity contribution in [3.63, 3.8) is 0 Å². The average molecular weight is 1130 g/mol. The maximum Gasteiger partial charge on any atom is 0.276 e. The van der Waals surface area contributed by atoms with Gasteiger partial charge in [-0.1, -0.05) is 51.1 Å². The summed E-state index contributed by atoms with van der Waals surface area (Å²) in [6.45, 7) is 12.1. The minimum Gasteiger partial charge on any atom is -0.494 e. The summed E-state index contributed by atoms with van der Waals surface area (Å²) in [7, 11) is 2.12. The summed E-state index contributed by atoms with van der Waals surface area (Å²) in [5, 5.41) is 15.8. The van der Waals surface area contributed by atoms with Gasteiger partial charge in [-0.25, -0.2) is 15.0 Å². The van der Waals surface area contributed by atoms with Crippen LogP contribution in [0.2, 0.25) is 0 Å². The van der Waals surface area contributed by atoms with Gasteiger partial charge < -0.3 is 44.4 Å². The number of aromatic nitrogens is 5. The second-order valence-corrected chi connectivity index (χ2v) is 23.1. The van der Waals surface area contributed by atoms with Gasteiger partial charge in [-0.15, -0.1) is 21.5 Å². The van der Waals surface area contributed by atoms with Crippen molar-refractivity contribution in [1.82, 2.24) is 40.3 Å². The smallest absolute Gasteiger partial charge is 0.276 e. The summed E-state index contributed by atoms with van der Waals surface area (Å²) in [5.41, 5.74) is 6.82. The van der Waals surface area contributed by atoms with Crippen LogP contribution in [0.5, 0.6) is 11.5 Å². The summed E-state index contributed by atoms with van der Waals surface area (Å²) >= 11 is 1.59. The fourth-order valence-corrected chi connectivity index (χ4v) is 11.2. The van der Waals surface area contributed by atoms with Crippen molar-refractivity contribution >= 4 is 52.6 Å². The first kappa shape index (κ1) is 59.1. The number of aliphatic imine (C=N–C) groups is 2. The molecule has 2 fully saturated rings. The summed E-state index contributed by atoms with van der Waals surface area (Å²) < 4.78 is 23.6. The molecule has 3 aliphatic heterocycles. The second kappa shape index (κ2) is 28.0. The number of hydrogen-bond donors (Lipinski definition) is 3. The second-order valence-electron chi connectivity index (χ2n) is 22.2. The molecule has 82 heavy (non-hydrogen) atoms. The van der Waals surface area contributed by atoms with Crippen molar-refractivity contribution in [2.24, 2.45) is 15.4 Å². The molecular formula is C62H75N11O8S. The molecule has 3 aromatic carbocycles. The van der Waals surface area contributed by atoms with Gasteiger partial charge >= 0.3 is 0 Å². The Balaban J connectivity index is 0.661. The van der Waals surface area contributed by atoms with Gasteiger partial charge in [0, 0.05) is 98.3 Å². The van der Waals surface area contributed by atoms with E-state index in [1.165, 1.54) is 0 Å². The monoisotopic (exact) mass is 1130 g/mol. The molecule has 3 aromatic heterocycles. The number of rotatable bonds is 24. The van der Waals surface area contributed by atoms with E-state index in [1.54, 1.807) is 40.9 Å². The van der Waals surface area contributed by atoms with E-state index < -0.39 is 28.8 Å². The number of H-pyrrole nitrogens is 1. The third-order valence-corrected chi connectivity index (χ3v) is 16.0. The van der Waals surface area contributed by atoms with Crippen LogP contribution in [0.3, 0.4) is 0 Å². The van der Waals surface area contributed by atoms with Crippen LogP contribution in [0, 0.1) is 12.3 Å². The van der Waals surface area contributed by atoms with Crippen LogP contribution in [0.4, 0.5) is 5.69 Å². The number of hydrogen-bond acceptors (Lipinski definition) is 15. The molecule has 3 N–H and O–H groups in total. The zero-order chi connectivity index (χ0) is 57.5. The normalized spacial score (nSPS) is 17.3. The highest BCUT2D eigenvalue weighted by atomic mass is 32.1. The molecule has 432 valence electrons. The van der Waals surface area contributed by atoms with Gasteiger partial charge in [-0.2, -0.15) is 0 Å². The minimum absolute atomic E-state index is 0.108. The molecule has 0 radical (unpaired) electrons. The fraction of sp³-hybridized carbons (Fsp3) is 0.452. The van der Waals surface area contributed by atoms with E-state index in [-0.39, 0.29) is 30.1 Å². The number of unbranched alkanes of at least 4 members (excludes halogenated alkanes) is 2. The van der Waals surface area contributed by atoms with E-state index >= 15 is 0 Å². The molecule has 2 saturated heterocycles. The van der Waals surface area contributed by atoms with E-state index in [4.69, 9.17) is 18.9 Å². The summed E-state index contributed by atoms with van der Waals surface area (Å²) in [6.07, 6.45) is 11.9. The molecule has 3 aliphatic rings. The summed E-state index contributed by atoms with van der Waals surface area (Å²) in [4.78, 5) is 79.6. The Morgan fingerprint density at radius 2 is 1.66 bits per heavy atom. The number of aryl methyl sites for hydroxylation is 1. The van der Waals surface area contributed by atoms with Crippen LogP contribution in [0.25, 0.3) is 21.8 Å². The molecule has 20 heteroatoms. The number of piperidine rings is 1. The number of carbonyl (C=O) groups is 4. The fourth-order valence-electron chi connectivity index (χ4n) is 10.4. The Morgan fingerprint density at radius 1 is 0.878 bits per heavy atom. The lowest BCUT2D eigenvalue weighted by Crippen LogP contribution is -2.50. The number of likely N-dealkylation sites (tertiary alicyclic amines) is 2. The first-order valence-electron chi connectivity index (χ1n) is 28.5. The van der Waals surface area contributed by atoms with E-state index in [9.17, 15) is 19.2 Å². The largest absolute Gasteiger partial charge is 0.494 e. The van der Waals surface area contributed by atoms with Crippen molar-refractivity contribution in [2.75, 3.05) is 71.6 Å². The first-order valence-corrected chi connectivity index (χ1v) is 29.3. The van der Waals surface area contributed by atoms with Crippen molar-refractivity contribution in [3.8, 4) is 33.3 Å². The number of fused-ring (bicyclic) bond motifs is 1. The van der Waals surface area contributed by atoms with E-state index in [1.807, 2.05) is 106 Å². The molecular weight excluding hydrogens is 1060 g/mol. The average Bonchev–Trinajstić information content (AvgIpc) is 4.36. The number of benzene rings is 3. The molecule has 6 heterocycles. The molecule has 9 rings (SSSR count). The zero-order valence-electron chi connectivity index (χ0n) is 47.7. The van der Waals surface area contributed by atoms with Gasteiger partial charge in [0.05, 0.1) is 34.8 Å². The molecule has 0 saturated carbocycles. The predicted octanol–water partition coefficient (Wildman–Crippen LogP) is 9.40. The van der Waals surface area contributed by atoms with E-state index in [0.717, 1.165) is 101 Å². The van der Waals surface area contributed by atoms with Crippen LogP contribution in [0.1, 0.15) is 117 Å². The number of anilines is 1. The molecule has 0 aliphatic carbocycles. The highest BCUT2D eigenvalue weighted by molar-refractivity contribution is 7.13. The third kappa shape index (κ3) is 15.5. The number of nitrogens with one attached hydrogen (secondary N) is 3. The van der Waals surface area contributed by atoms with Gasteiger partial charge in [-0.05, 0) is 131 Å². The number of thiazole rings is 1. The summed E-state index contributed by atoms with van der Waals surface area (Å²) in [6, 6.07) is 24.5. The number of aromatic amines is 1. The SMILES string of the molecule is Cc1ncsc1-c1ccc(CNC(=O)[C@@H]2CCCN2C(=O)/C(=N/C(=O)COCCCOCCCCCOc2ccc3c(c2)C(/C=N/C(=O)c2cccc(NC4(c5nnc(-c6ccncc6)[nH]5)CCN(C)CC4)c2)CCO3)C(C)(C)C)cc1. The van der Waals surface area contributed by atoms with Gasteiger partial charge in [0.1, 0.15) is 29.9 Å². The highest BCUT2D eigenvalue weighted by Gasteiger charge is 2.41. The first-order chi connectivity index (χ1) is 39.7. The van der Waals surface area contributed by atoms with Gasteiger partial charge in [0.15, 0.2) is 11.6 Å². The van der Waals surface area contributed by atoms with Gasteiger partial charge in [0.25, 0.3) is 17.7 Å². The van der Waals surface area contributed by atoms with Crippen molar-refractivity contribution in [1.29, 1.82) is 0 Å². The molecule has 0 bridgehead atoms. The van der Waals surface area contributed by atoms with Crippen molar-refractivity contribution < 1.29 is 38.1 Å². The Morgan fingerprint density at radius 3 is 2.44 bits per heavy atom. The van der Waals surface area contributed by atoms with Gasteiger partial charge in [-0.3, -0.25) is 24.2 Å². The highest BCUT2D eigenvalue weighted by Crippen LogP contribution is 2.38. The minimum atomic E-state index is -0.740.